The molecule has 0 aromatic heterocycles. The van der Waals surface area contributed by atoms with Gasteiger partial charge in [0.05, 0.1) is 6.26 Å². The van der Waals surface area contributed by atoms with E-state index in [2.05, 4.69) is 24.4 Å². The van der Waals surface area contributed by atoms with Crippen LogP contribution >= 0.6 is 11.6 Å². The molecular weight excluding hydrogens is 298 g/mol. The third-order valence-corrected chi connectivity index (χ3v) is 3.91. The van der Waals surface area contributed by atoms with E-state index in [1.54, 1.807) is 7.11 Å². The lowest BCUT2D eigenvalue weighted by atomic mass is 9.90. The highest BCUT2D eigenvalue weighted by Crippen LogP contribution is 2.32. The Morgan fingerprint density at radius 3 is 2.82 bits per heavy atom. The zero-order valence-corrected chi connectivity index (χ0v) is 14.7. The molecule has 0 heterocycles. The quantitative estimate of drug-likeness (QED) is 0.479. The van der Waals surface area contributed by atoms with Crippen molar-refractivity contribution in [3.05, 3.63) is 47.2 Å². The van der Waals surface area contributed by atoms with Gasteiger partial charge in [-0.25, -0.2) is 0 Å². The van der Waals surface area contributed by atoms with Crippen molar-refractivity contribution in [2.24, 2.45) is 0 Å². The summed E-state index contributed by atoms with van der Waals surface area (Å²) >= 11 is 6.14. The molecule has 0 unspecified atom stereocenters. The van der Waals surface area contributed by atoms with Crippen LogP contribution in [0.25, 0.3) is 0 Å². The van der Waals surface area contributed by atoms with Crippen LogP contribution in [0.2, 0.25) is 5.02 Å². The van der Waals surface area contributed by atoms with E-state index in [0.29, 0.717) is 0 Å². The van der Waals surface area contributed by atoms with E-state index in [9.17, 15) is 0 Å². The largest absolute Gasteiger partial charge is 0.491 e. The maximum atomic E-state index is 6.14. The first-order valence-corrected chi connectivity index (χ1v) is 8.22. The molecule has 1 atom stereocenters. The normalized spacial score (nSPS) is 14.2. The number of methoxy groups -OCH3 is 1. The Hall–Kier alpha value is -1.03. The zero-order valence-electron chi connectivity index (χ0n) is 13.9. The fourth-order valence-corrected chi connectivity index (χ4v) is 2.48. The van der Waals surface area contributed by atoms with Gasteiger partial charge >= 0.3 is 0 Å². The average molecular weight is 326 g/mol. The first-order chi connectivity index (χ1) is 10.6. The highest BCUT2D eigenvalue weighted by molar-refractivity contribution is 6.30. The fraction of sp³-hybridized carbons (Fsp3) is 0.556. The molecule has 3 nitrogen and oxygen atoms in total. The van der Waals surface area contributed by atoms with Gasteiger partial charge in [-0.05, 0) is 70.0 Å². The van der Waals surface area contributed by atoms with Crippen LogP contribution in [0.1, 0.15) is 38.2 Å². The van der Waals surface area contributed by atoms with Crippen LogP contribution in [-0.2, 0) is 15.1 Å². The minimum atomic E-state index is -0.366. The van der Waals surface area contributed by atoms with E-state index in [-0.39, 0.29) is 5.60 Å². The van der Waals surface area contributed by atoms with Crippen LogP contribution in [0.4, 0.5) is 0 Å². The van der Waals surface area contributed by atoms with Gasteiger partial charge in [0.1, 0.15) is 5.60 Å². The predicted molar refractivity (Wildman–Crippen MR) is 93.3 cm³/mol. The second kappa shape index (κ2) is 10.7. The summed E-state index contributed by atoms with van der Waals surface area (Å²) in [6.45, 7) is 3.85. The van der Waals surface area contributed by atoms with Crippen LogP contribution in [0.15, 0.2) is 36.6 Å². The Morgan fingerprint density at radius 1 is 1.32 bits per heavy atom. The molecule has 0 radical (unpaired) electrons. The second-order valence-electron chi connectivity index (χ2n) is 5.57. The van der Waals surface area contributed by atoms with E-state index in [4.69, 9.17) is 21.1 Å². The molecule has 1 aromatic rings. The SMILES string of the molecule is CNCC/C=C/O[C@](C)(CCCCOC)c1cccc(Cl)c1. The summed E-state index contributed by atoms with van der Waals surface area (Å²) in [6, 6.07) is 7.92. The van der Waals surface area contributed by atoms with Gasteiger partial charge in [0.25, 0.3) is 0 Å². The van der Waals surface area contributed by atoms with Gasteiger partial charge in [-0.2, -0.15) is 0 Å². The molecule has 0 fully saturated rings. The molecule has 0 amide bonds. The van der Waals surface area contributed by atoms with Crippen molar-refractivity contribution in [2.75, 3.05) is 27.3 Å². The minimum Gasteiger partial charge on any atom is -0.491 e. The molecular formula is C18H28ClNO2. The number of unbranched alkanes of at least 4 members (excludes halogenated alkanes) is 1. The van der Waals surface area contributed by atoms with Crippen LogP contribution in [0.5, 0.6) is 0 Å². The first-order valence-electron chi connectivity index (χ1n) is 7.85. The molecule has 0 saturated heterocycles. The lowest BCUT2D eigenvalue weighted by Gasteiger charge is -2.30. The number of rotatable bonds is 11. The monoisotopic (exact) mass is 325 g/mol. The lowest BCUT2D eigenvalue weighted by molar-refractivity contribution is 0.0231. The fourth-order valence-electron chi connectivity index (χ4n) is 2.29. The van der Waals surface area contributed by atoms with Crippen LogP contribution in [-0.4, -0.2) is 27.3 Å². The Kier molecular flexibility index (Phi) is 9.21. The van der Waals surface area contributed by atoms with E-state index in [1.165, 1.54) is 0 Å². The molecule has 0 aliphatic rings. The molecule has 1 aromatic carbocycles. The predicted octanol–water partition coefficient (Wildman–Crippen LogP) is 4.51. The number of hydrogen-bond acceptors (Lipinski definition) is 3. The topological polar surface area (TPSA) is 30.5 Å². The molecule has 22 heavy (non-hydrogen) atoms. The van der Waals surface area contributed by atoms with Crippen molar-refractivity contribution in [3.8, 4) is 0 Å². The Bertz CT molecular complexity index is 450. The van der Waals surface area contributed by atoms with Crippen molar-refractivity contribution >= 4 is 11.6 Å². The Labute approximate surface area is 139 Å². The van der Waals surface area contributed by atoms with E-state index in [1.807, 2.05) is 31.5 Å². The highest BCUT2D eigenvalue weighted by Gasteiger charge is 2.27. The van der Waals surface area contributed by atoms with Gasteiger partial charge in [0.15, 0.2) is 0 Å². The summed E-state index contributed by atoms with van der Waals surface area (Å²) in [4.78, 5) is 0. The smallest absolute Gasteiger partial charge is 0.130 e. The van der Waals surface area contributed by atoms with Crippen molar-refractivity contribution in [3.63, 3.8) is 0 Å². The summed E-state index contributed by atoms with van der Waals surface area (Å²) in [5.41, 5.74) is 0.741. The average Bonchev–Trinajstić information content (AvgIpc) is 2.51. The van der Waals surface area contributed by atoms with Crippen LogP contribution in [0, 0.1) is 0 Å². The zero-order chi connectivity index (χ0) is 16.3. The van der Waals surface area contributed by atoms with Crippen molar-refractivity contribution < 1.29 is 9.47 Å². The molecule has 124 valence electrons. The summed E-state index contributed by atoms with van der Waals surface area (Å²) < 4.78 is 11.2. The molecule has 1 N–H and O–H groups in total. The summed E-state index contributed by atoms with van der Waals surface area (Å²) in [5.74, 6) is 0. The highest BCUT2D eigenvalue weighted by atomic mass is 35.5. The van der Waals surface area contributed by atoms with Crippen molar-refractivity contribution in [1.82, 2.24) is 5.32 Å². The van der Waals surface area contributed by atoms with Crippen molar-refractivity contribution in [2.45, 2.75) is 38.2 Å². The number of halogens is 1. The lowest BCUT2D eigenvalue weighted by Crippen LogP contribution is -2.24. The van der Waals surface area contributed by atoms with Gasteiger partial charge in [-0.15, -0.1) is 0 Å². The number of benzene rings is 1. The van der Waals surface area contributed by atoms with Gasteiger partial charge < -0.3 is 14.8 Å². The second-order valence-corrected chi connectivity index (χ2v) is 6.01. The van der Waals surface area contributed by atoms with Crippen LogP contribution < -0.4 is 5.32 Å². The number of hydrogen-bond donors (Lipinski definition) is 1. The maximum Gasteiger partial charge on any atom is 0.130 e. The molecule has 0 aliphatic heterocycles. The molecule has 0 aliphatic carbocycles. The van der Waals surface area contributed by atoms with Crippen molar-refractivity contribution in [1.29, 1.82) is 0 Å². The third-order valence-electron chi connectivity index (χ3n) is 3.67. The molecule has 0 saturated carbocycles. The Balaban J connectivity index is 2.72. The standard InChI is InChI=1S/C18H28ClNO2/c1-18(11-4-6-13-21-3,22-14-7-5-12-20-2)16-9-8-10-17(19)15-16/h7-10,14-15,20H,4-6,11-13H2,1-3H3/b14-7+/t18-/m1/s1. The molecule has 4 heteroatoms. The minimum absolute atomic E-state index is 0.366. The van der Waals surface area contributed by atoms with Gasteiger partial charge in [0.2, 0.25) is 0 Å². The van der Waals surface area contributed by atoms with Gasteiger partial charge in [-0.1, -0.05) is 23.7 Å². The van der Waals surface area contributed by atoms with Crippen LogP contribution in [0.3, 0.4) is 0 Å². The summed E-state index contributed by atoms with van der Waals surface area (Å²) in [6.07, 6.45) is 7.81. The summed E-state index contributed by atoms with van der Waals surface area (Å²) in [7, 11) is 3.68. The van der Waals surface area contributed by atoms with Gasteiger partial charge in [0, 0.05) is 18.7 Å². The Morgan fingerprint density at radius 2 is 2.14 bits per heavy atom. The maximum absolute atomic E-state index is 6.14. The van der Waals surface area contributed by atoms with Gasteiger partial charge in [-0.3, -0.25) is 0 Å². The molecule has 1 rings (SSSR count). The number of ether oxygens (including phenoxy) is 2. The summed E-state index contributed by atoms with van der Waals surface area (Å²) in [5, 5.41) is 3.85. The molecule has 0 bridgehead atoms. The van der Waals surface area contributed by atoms with E-state index < -0.39 is 0 Å². The van der Waals surface area contributed by atoms with E-state index in [0.717, 1.165) is 49.4 Å². The van der Waals surface area contributed by atoms with E-state index >= 15 is 0 Å². The first kappa shape index (κ1) is 19.0. The number of nitrogens with one attached hydrogen (secondary N) is 1. The molecule has 0 spiro atoms. The third kappa shape index (κ3) is 6.82.